The van der Waals surface area contributed by atoms with Crippen LogP contribution in [0.4, 0.5) is 5.69 Å². The molecule has 3 amide bonds. The number of rotatable bonds is 4. The van der Waals surface area contributed by atoms with Crippen LogP contribution in [0.3, 0.4) is 0 Å². The molecule has 1 heterocycles. The van der Waals surface area contributed by atoms with Crippen molar-refractivity contribution in [2.75, 3.05) is 12.4 Å². The number of imide groups is 1. The molecule has 0 aromatic heterocycles. The number of hydrogen-bond donors (Lipinski definition) is 1. The summed E-state index contributed by atoms with van der Waals surface area (Å²) in [6, 6.07) is 6.17. The molecule has 2 aliphatic carbocycles. The van der Waals surface area contributed by atoms with Gasteiger partial charge in [-0.1, -0.05) is 44.0 Å². The zero-order chi connectivity index (χ0) is 19.5. The van der Waals surface area contributed by atoms with E-state index in [1.807, 2.05) is 0 Å². The Balaban J connectivity index is 1.54. The van der Waals surface area contributed by atoms with Crippen molar-refractivity contribution in [3.8, 4) is 5.75 Å². The van der Waals surface area contributed by atoms with Crippen LogP contribution in [0.25, 0.3) is 0 Å². The Hall–Kier alpha value is -1.41. The molecule has 2 saturated carbocycles. The van der Waals surface area contributed by atoms with E-state index in [1.54, 1.807) is 31.2 Å². The second-order valence-electron chi connectivity index (χ2n) is 7.42. The van der Waals surface area contributed by atoms with E-state index in [9.17, 15) is 14.4 Å². The Morgan fingerprint density at radius 3 is 2.26 bits per heavy atom. The molecule has 27 heavy (non-hydrogen) atoms. The molecule has 144 valence electrons. The predicted molar refractivity (Wildman–Crippen MR) is 107 cm³/mol. The number of fused-ring (bicyclic) bond motifs is 5. The van der Waals surface area contributed by atoms with Crippen LogP contribution < -0.4 is 10.1 Å². The first-order valence-corrected chi connectivity index (χ1v) is 10.8. The number of ether oxygens (including phenoxy) is 1. The van der Waals surface area contributed by atoms with Crippen LogP contribution in [0.15, 0.2) is 24.3 Å². The van der Waals surface area contributed by atoms with Crippen molar-refractivity contribution >= 4 is 55.3 Å². The zero-order valence-corrected chi connectivity index (χ0v) is 18.1. The lowest BCUT2D eigenvalue weighted by Gasteiger charge is -2.28. The molecule has 8 heteroatoms. The van der Waals surface area contributed by atoms with Crippen molar-refractivity contribution in [1.29, 1.82) is 0 Å². The summed E-state index contributed by atoms with van der Waals surface area (Å²) in [4.78, 5) is 40.3. The maximum absolute atomic E-state index is 13.0. The summed E-state index contributed by atoms with van der Waals surface area (Å²) in [5.74, 6) is -0.682. The summed E-state index contributed by atoms with van der Waals surface area (Å²) >= 11 is 7.34. The van der Waals surface area contributed by atoms with E-state index in [-0.39, 0.29) is 45.1 Å². The molecule has 0 unspecified atom stereocenters. The number of halogens is 2. The van der Waals surface area contributed by atoms with Crippen LogP contribution in [0.2, 0.25) is 0 Å². The van der Waals surface area contributed by atoms with Gasteiger partial charge in [0, 0.05) is 9.65 Å². The number of para-hydroxylation sites is 2. The van der Waals surface area contributed by atoms with E-state index in [0.717, 1.165) is 6.42 Å². The Bertz CT molecular complexity index is 785. The van der Waals surface area contributed by atoms with Crippen molar-refractivity contribution in [3.05, 3.63) is 24.3 Å². The lowest BCUT2D eigenvalue weighted by atomic mass is 9.81. The minimum atomic E-state index is -0.873. The fourth-order valence-electron chi connectivity index (χ4n) is 4.86. The van der Waals surface area contributed by atoms with E-state index in [2.05, 4.69) is 37.2 Å². The van der Waals surface area contributed by atoms with Crippen LogP contribution in [0.5, 0.6) is 5.75 Å². The molecule has 7 atom stereocenters. The number of nitrogens with zero attached hydrogens (tertiary/aromatic N) is 1. The number of anilines is 1. The molecule has 1 N–H and O–H groups in total. The number of methoxy groups -OCH3 is 1. The number of carbonyl (C=O) groups excluding carboxylic acids is 3. The number of hydrogen-bond acceptors (Lipinski definition) is 4. The molecular formula is C19H20Br2N2O4. The average Bonchev–Trinajstić information content (AvgIpc) is 3.26. The van der Waals surface area contributed by atoms with Gasteiger partial charge in [-0.05, 0) is 37.3 Å². The van der Waals surface area contributed by atoms with Gasteiger partial charge in [0.1, 0.15) is 11.8 Å². The summed E-state index contributed by atoms with van der Waals surface area (Å²) in [7, 11) is 1.52. The molecule has 3 aliphatic rings. The summed E-state index contributed by atoms with van der Waals surface area (Å²) in [6.07, 6.45) is 0.869. The molecule has 0 radical (unpaired) electrons. The van der Waals surface area contributed by atoms with Crippen LogP contribution in [0, 0.1) is 23.7 Å². The first kappa shape index (κ1) is 18.9. The molecule has 6 nitrogen and oxygen atoms in total. The van der Waals surface area contributed by atoms with Gasteiger partial charge in [0.2, 0.25) is 17.7 Å². The maximum atomic E-state index is 13.0. The van der Waals surface area contributed by atoms with Crippen molar-refractivity contribution in [1.82, 2.24) is 4.90 Å². The fourth-order valence-corrected chi connectivity index (χ4v) is 6.73. The van der Waals surface area contributed by atoms with Gasteiger partial charge in [0.15, 0.2) is 0 Å². The zero-order valence-electron chi connectivity index (χ0n) is 14.9. The molecule has 1 aromatic carbocycles. The molecule has 0 spiro atoms. The third-order valence-electron chi connectivity index (χ3n) is 6.15. The molecular weight excluding hydrogens is 480 g/mol. The number of amides is 3. The fraction of sp³-hybridized carbons (Fsp3) is 0.526. The Labute approximate surface area is 174 Å². The van der Waals surface area contributed by atoms with Crippen LogP contribution in [-0.2, 0) is 14.4 Å². The van der Waals surface area contributed by atoms with Gasteiger partial charge in [-0.2, -0.15) is 0 Å². The summed E-state index contributed by atoms with van der Waals surface area (Å²) in [5, 5.41) is 2.77. The number of carbonyl (C=O) groups is 3. The Morgan fingerprint density at radius 2 is 1.70 bits per heavy atom. The van der Waals surface area contributed by atoms with Crippen molar-refractivity contribution in [2.24, 2.45) is 23.7 Å². The van der Waals surface area contributed by atoms with E-state index >= 15 is 0 Å². The summed E-state index contributed by atoms with van der Waals surface area (Å²) in [6.45, 7) is 1.60. The SMILES string of the molecule is COc1ccccc1NC(=O)[C@H](C)N1C(=O)[C@H]2[C@@H]3C[C@H]([C@@H](Br)[C@H]3Br)[C@@H]2C1=O. The third kappa shape index (κ3) is 2.75. The van der Waals surface area contributed by atoms with Crippen LogP contribution in [0.1, 0.15) is 13.3 Å². The Morgan fingerprint density at radius 1 is 1.15 bits per heavy atom. The standard InChI is InChI=1S/C19H20Br2N2O4/c1-8(17(24)22-11-5-3-4-6-12(11)27-2)23-18(25)13-9-7-10(14(13)19(23)26)16(21)15(9)20/h3-6,8-10,13-16H,7H2,1-2H3,(H,22,24)/t8-,9-,10-,13-,14-,15-,16+/m0/s1. The highest BCUT2D eigenvalue weighted by Crippen LogP contribution is 2.60. The quantitative estimate of drug-likeness (QED) is 0.510. The predicted octanol–water partition coefficient (Wildman–Crippen LogP) is 2.80. The molecule has 1 aliphatic heterocycles. The van der Waals surface area contributed by atoms with E-state index < -0.39 is 11.9 Å². The van der Waals surface area contributed by atoms with Crippen molar-refractivity contribution in [2.45, 2.75) is 29.0 Å². The Kier molecular flexibility index (Phi) is 4.83. The molecule has 1 saturated heterocycles. The van der Waals surface area contributed by atoms with E-state index in [4.69, 9.17) is 4.74 Å². The maximum Gasteiger partial charge on any atom is 0.247 e. The minimum absolute atomic E-state index is 0.135. The second-order valence-corrected chi connectivity index (χ2v) is 9.53. The van der Waals surface area contributed by atoms with Gasteiger partial charge in [0.05, 0.1) is 24.6 Å². The highest BCUT2D eigenvalue weighted by atomic mass is 79.9. The number of likely N-dealkylation sites (tertiary alicyclic amines) is 1. The van der Waals surface area contributed by atoms with Crippen LogP contribution >= 0.6 is 31.9 Å². The van der Waals surface area contributed by atoms with Gasteiger partial charge in [-0.25, -0.2) is 0 Å². The highest BCUT2D eigenvalue weighted by Gasteiger charge is 2.67. The number of nitrogens with one attached hydrogen (secondary N) is 1. The molecule has 2 bridgehead atoms. The smallest absolute Gasteiger partial charge is 0.247 e. The molecule has 4 rings (SSSR count). The average molecular weight is 500 g/mol. The third-order valence-corrected chi connectivity index (χ3v) is 9.36. The lowest BCUT2D eigenvalue weighted by molar-refractivity contribution is -0.146. The van der Waals surface area contributed by atoms with Gasteiger partial charge >= 0.3 is 0 Å². The summed E-state index contributed by atoms with van der Waals surface area (Å²) < 4.78 is 5.24. The van der Waals surface area contributed by atoms with Crippen molar-refractivity contribution < 1.29 is 19.1 Å². The minimum Gasteiger partial charge on any atom is -0.495 e. The largest absolute Gasteiger partial charge is 0.495 e. The van der Waals surface area contributed by atoms with Gasteiger partial charge < -0.3 is 10.1 Å². The lowest BCUT2D eigenvalue weighted by Crippen LogP contribution is -2.46. The first-order chi connectivity index (χ1) is 12.9. The number of alkyl halides is 2. The normalized spacial score (nSPS) is 35.3. The first-order valence-electron chi connectivity index (χ1n) is 8.95. The van der Waals surface area contributed by atoms with Crippen molar-refractivity contribution in [3.63, 3.8) is 0 Å². The topological polar surface area (TPSA) is 75.7 Å². The molecule has 3 fully saturated rings. The highest BCUT2D eigenvalue weighted by molar-refractivity contribution is 9.12. The van der Waals surface area contributed by atoms with E-state index in [1.165, 1.54) is 12.0 Å². The van der Waals surface area contributed by atoms with Gasteiger partial charge in [-0.3, -0.25) is 19.3 Å². The van der Waals surface area contributed by atoms with E-state index in [0.29, 0.717) is 11.4 Å². The number of benzene rings is 1. The summed E-state index contributed by atoms with van der Waals surface area (Å²) in [5.41, 5.74) is 0.511. The monoisotopic (exact) mass is 498 g/mol. The van der Waals surface area contributed by atoms with Gasteiger partial charge in [0.25, 0.3) is 0 Å². The second kappa shape index (κ2) is 6.88. The van der Waals surface area contributed by atoms with Crippen LogP contribution in [-0.4, -0.2) is 45.4 Å². The molecule has 1 aromatic rings. The van der Waals surface area contributed by atoms with Gasteiger partial charge in [-0.15, -0.1) is 0 Å².